The number of benzene rings is 1. The van der Waals surface area contributed by atoms with E-state index >= 15 is 0 Å². The minimum Gasteiger partial charge on any atom is -0.480 e. The zero-order chi connectivity index (χ0) is 35.6. The lowest BCUT2D eigenvalue weighted by Gasteiger charge is -2.29. The van der Waals surface area contributed by atoms with Gasteiger partial charge in [-0.15, -0.1) is 0 Å². The van der Waals surface area contributed by atoms with Gasteiger partial charge in [0.05, 0.1) is 17.4 Å². The number of carbonyl (C=O) groups excluding carboxylic acids is 2. The van der Waals surface area contributed by atoms with Crippen molar-refractivity contribution in [2.75, 3.05) is 19.6 Å². The fraction of sp³-hybridized carbons (Fsp3) is 0.474. The molecule has 1 fully saturated rings. The van der Waals surface area contributed by atoms with Gasteiger partial charge in [-0.05, 0) is 94.2 Å². The third-order valence-corrected chi connectivity index (χ3v) is 8.98. The van der Waals surface area contributed by atoms with Crippen molar-refractivity contribution in [1.29, 1.82) is 0 Å². The van der Waals surface area contributed by atoms with Crippen LogP contribution in [0.15, 0.2) is 79.1 Å². The summed E-state index contributed by atoms with van der Waals surface area (Å²) in [4.78, 5) is 62.8. The number of unbranched alkanes of at least 4 members (excludes halogenated alkanes) is 2. The second-order valence-corrected chi connectivity index (χ2v) is 12.8. The molecule has 4 N–H and O–H groups in total. The molecule has 2 amide bonds. The first-order chi connectivity index (χ1) is 24.3. The highest BCUT2D eigenvalue weighted by Gasteiger charge is 2.38. The van der Waals surface area contributed by atoms with Gasteiger partial charge in [0.15, 0.2) is 0 Å². The monoisotopic (exact) mass is 686 g/mol. The summed E-state index contributed by atoms with van der Waals surface area (Å²) >= 11 is 0. The van der Waals surface area contributed by atoms with Crippen molar-refractivity contribution in [2.24, 2.45) is 0 Å². The van der Waals surface area contributed by atoms with Gasteiger partial charge in [0.1, 0.15) is 12.1 Å². The van der Waals surface area contributed by atoms with Crippen LogP contribution in [0.25, 0.3) is 0 Å². The molecule has 0 unspecified atom stereocenters. The van der Waals surface area contributed by atoms with Crippen LogP contribution in [-0.4, -0.2) is 91.5 Å². The molecule has 1 aliphatic heterocycles. The van der Waals surface area contributed by atoms with E-state index in [1.807, 2.05) is 66.7 Å². The molecule has 12 heteroatoms. The van der Waals surface area contributed by atoms with Crippen LogP contribution >= 0.6 is 0 Å². The molecule has 0 aliphatic carbocycles. The molecule has 0 saturated carbocycles. The standard InChI is InChI=1S/C38H50N6O6/c45-35(19-7-11-25-43(27-30-15-4-8-22-39-30)28-31-16-5-9-23-40-31)41-24-10-6-17-32(36(46)44-26-12-18-34(44)38(49)50)42-33(37(47)48)21-20-29-13-2-1-3-14-29/h1-5,8-9,13-16,22-23,32-34,42H,6-7,10-12,17-21,24-28H2,(H,41,45)(H,47,48)(H,49,50)/t32-,33+,34-/m0/s1. The van der Waals surface area contributed by atoms with Crippen LogP contribution in [0.3, 0.4) is 0 Å². The molecule has 4 rings (SSSR count). The summed E-state index contributed by atoms with van der Waals surface area (Å²) in [6, 6.07) is 18.6. The lowest BCUT2D eigenvalue weighted by Crippen LogP contribution is -2.54. The van der Waals surface area contributed by atoms with Gasteiger partial charge < -0.3 is 20.4 Å². The summed E-state index contributed by atoms with van der Waals surface area (Å²) in [7, 11) is 0. The molecule has 0 radical (unpaired) electrons. The minimum atomic E-state index is -1.06. The summed E-state index contributed by atoms with van der Waals surface area (Å²) in [6.07, 6.45) is 8.79. The number of amides is 2. The molecule has 12 nitrogen and oxygen atoms in total. The van der Waals surface area contributed by atoms with Crippen LogP contribution in [0.5, 0.6) is 0 Å². The number of hydrogen-bond acceptors (Lipinski definition) is 8. The normalized spacial score (nSPS) is 15.5. The topological polar surface area (TPSA) is 165 Å². The average molecular weight is 687 g/mol. The van der Waals surface area contributed by atoms with Crippen LogP contribution < -0.4 is 10.6 Å². The van der Waals surface area contributed by atoms with E-state index in [1.165, 1.54) is 4.90 Å². The van der Waals surface area contributed by atoms with E-state index in [0.717, 1.165) is 36.3 Å². The van der Waals surface area contributed by atoms with Crippen LogP contribution in [0.4, 0.5) is 0 Å². The number of nitrogens with zero attached hydrogens (tertiary/aromatic N) is 4. The van der Waals surface area contributed by atoms with E-state index in [0.29, 0.717) is 71.1 Å². The maximum absolute atomic E-state index is 13.6. The lowest BCUT2D eigenvalue weighted by atomic mass is 10.0. The quantitative estimate of drug-likeness (QED) is 0.113. The van der Waals surface area contributed by atoms with Crippen molar-refractivity contribution in [3.63, 3.8) is 0 Å². The summed E-state index contributed by atoms with van der Waals surface area (Å²) in [5, 5.41) is 25.7. The number of carboxylic acid groups (broad SMARTS) is 2. The largest absolute Gasteiger partial charge is 0.480 e. The first kappa shape index (κ1) is 38.1. The Morgan fingerprint density at radius 2 is 1.50 bits per heavy atom. The van der Waals surface area contributed by atoms with Gasteiger partial charge in [-0.2, -0.15) is 0 Å². The van der Waals surface area contributed by atoms with Crippen LogP contribution in [-0.2, 0) is 38.7 Å². The predicted molar refractivity (Wildman–Crippen MR) is 189 cm³/mol. The summed E-state index contributed by atoms with van der Waals surface area (Å²) < 4.78 is 0. The van der Waals surface area contributed by atoms with Crippen molar-refractivity contribution >= 4 is 23.8 Å². The van der Waals surface area contributed by atoms with Crippen LogP contribution in [0.1, 0.15) is 74.7 Å². The Morgan fingerprint density at radius 3 is 2.12 bits per heavy atom. The van der Waals surface area contributed by atoms with Crippen molar-refractivity contribution < 1.29 is 29.4 Å². The fourth-order valence-electron chi connectivity index (χ4n) is 6.31. The van der Waals surface area contributed by atoms with Gasteiger partial charge in [0, 0.05) is 45.0 Å². The van der Waals surface area contributed by atoms with E-state index in [2.05, 4.69) is 25.5 Å². The number of carboxylic acids is 2. The number of rotatable bonds is 22. The lowest BCUT2D eigenvalue weighted by molar-refractivity contribution is -0.149. The molecule has 3 atom stereocenters. The summed E-state index contributed by atoms with van der Waals surface area (Å²) in [5.41, 5.74) is 2.96. The number of aryl methyl sites for hydroxylation is 1. The summed E-state index contributed by atoms with van der Waals surface area (Å²) in [5.74, 6) is -2.53. The Kier molecular flexibility index (Phi) is 15.8. The molecular weight excluding hydrogens is 636 g/mol. The summed E-state index contributed by atoms with van der Waals surface area (Å²) in [6.45, 7) is 2.94. The molecule has 1 aliphatic rings. The number of hydrogen-bond donors (Lipinski definition) is 4. The third kappa shape index (κ3) is 13.0. The smallest absolute Gasteiger partial charge is 0.326 e. The number of nitrogens with one attached hydrogen (secondary N) is 2. The average Bonchev–Trinajstić information content (AvgIpc) is 3.62. The van der Waals surface area contributed by atoms with Gasteiger partial charge >= 0.3 is 11.9 Å². The Labute approximate surface area is 294 Å². The highest BCUT2D eigenvalue weighted by Crippen LogP contribution is 2.21. The molecule has 0 spiro atoms. The first-order valence-electron chi connectivity index (χ1n) is 17.6. The van der Waals surface area contributed by atoms with Gasteiger partial charge in [-0.3, -0.25) is 34.6 Å². The van der Waals surface area contributed by atoms with E-state index in [-0.39, 0.29) is 18.2 Å². The number of likely N-dealkylation sites (tertiary alicyclic amines) is 1. The maximum Gasteiger partial charge on any atom is 0.326 e. The van der Waals surface area contributed by atoms with Crippen molar-refractivity contribution in [3.8, 4) is 0 Å². The Morgan fingerprint density at radius 1 is 0.820 bits per heavy atom. The Balaban J connectivity index is 1.22. The van der Waals surface area contributed by atoms with Gasteiger partial charge in [-0.25, -0.2) is 4.79 Å². The maximum atomic E-state index is 13.6. The molecule has 1 aromatic carbocycles. The number of aliphatic carboxylic acids is 2. The zero-order valence-electron chi connectivity index (χ0n) is 28.7. The van der Waals surface area contributed by atoms with Gasteiger partial charge in [-0.1, -0.05) is 42.5 Å². The second-order valence-electron chi connectivity index (χ2n) is 12.8. The Hall–Kier alpha value is -4.68. The fourth-order valence-corrected chi connectivity index (χ4v) is 6.31. The molecule has 268 valence electrons. The SMILES string of the molecule is O=C(CCCCN(Cc1ccccn1)Cc1ccccn1)NCCCC[C@H](N[C@H](CCc1ccccc1)C(=O)O)C(=O)N1CCC[C@H]1C(=O)O. The second kappa shape index (κ2) is 20.7. The highest BCUT2D eigenvalue weighted by molar-refractivity contribution is 5.88. The molecule has 50 heavy (non-hydrogen) atoms. The molecule has 2 aromatic heterocycles. The minimum absolute atomic E-state index is 0.0371. The molecule has 0 bridgehead atoms. The predicted octanol–water partition coefficient (Wildman–Crippen LogP) is 4.06. The molecule has 1 saturated heterocycles. The first-order valence-corrected chi connectivity index (χ1v) is 17.6. The van der Waals surface area contributed by atoms with E-state index in [4.69, 9.17) is 0 Å². The number of aromatic nitrogens is 2. The molecule has 3 heterocycles. The van der Waals surface area contributed by atoms with Crippen molar-refractivity contribution in [3.05, 3.63) is 96.1 Å². The van der Waals surface area contributed by atoms with Gasteiger partial charge in [0.2, 0.25) is 11.8 Å². The highest BCUT2D eigenvalue weighted by atomic mass is 16.4. The number of pyridine rings is 2. The van der Waals surface area contributed by atoms with Crippen molar-refractivity contribution in [2.45, 2.75) is 95.4 Å². The number of carbonyl (C=O) groups is 4. The third-order valence-electron chi connectivity index (χ3n) is 8.98. The van der Waals surface area contributed by atoms with Gasteiger partial charge in [0.25, 0.3) is 0 Å². The Bertz CT molecular complexity index is 1440. The van der Waals surface area contributed by atoms with Crippen LogP contribution in [0, 0.1) is 0 Å². The van der Waals surface area contributed by atoms with E-state index in [1.54, 1.807) is 12.4 Å². The zero-order valence-corrected chi connectivity index (χ0v) is 28.7. The van der Waals surface area contributed by atoms with E-state index in [9.17, 15) is 29.4 Å². The molecule has 3 aromatic rings. The van der Waals surface area contributed by atoms with Crippen molar-refractivity contribution in [1.82, 2.24) is 30.4 Å². The van der Waals surface area contributed by atoms with Crippen LogP contribution in [0.2, 0.25) is 0 Å². The van der Waals surface area contributed by atoms with E-state index < -0.39 is 30.1 Å². The molecular formula is C38H50N6O6.